The minimum Gasteiger partial charge on any atom is -0.507 e. The number of fused-ring (bicyclic) bond motifs is 13. The van der Waals surface area contributed by atoms with Gasteiger partial charge in [-0.2, -0.15) is 0 Å². The summed E-state index contributed by atoms with van der Waals surface area (Å²) in [6.45, 7) is 20.4. The molecule has 2 saturated heterocycles. The van der Waals surface area contributed by atoms with Gasteiger partial charge in [0.2, 0.25) is 0 Å². The zero-order chi connectivity index (χ0) is 52.2. The van der Waals surface area contributed by atoms with Crippen LogP contribution in [0.4, 0.5) is 16.2 Å². The third kappa shape index (κ3) is 11.1. The predicted molar refractivity (Wildman–Crippen MR) is 275 cm³/mol. The Morgan fingerprint density at radius 2 is 1.68 bits per heavy atom. The maximum absolute atomic E-state index is 14.8. The van der Waals surface area contributed by atoms with Gasteiger partial charge in [-0.25, -0.2) is 4.79 Å². The molecule has 6 aliphatic heterocycles. The van der Waals surface area contributed by atoms with Crippen molar-refractivity contribution in [2.45, 2.75) is 131 Å². The molecular weight excluding hydrogens is 919 g/mol. The van der Waals surface area contributed by atoms with Crippen LogP contribution in [-0.2, 0) is 14.3 Å². The van der Waals surface area contributed by atoms with Crippen LogP contribution in [0.5, 0.6) is 17.2 Å². The number of hydrogen-bond donors (Lipinski definition) is 6. The molecule has 17 nitrogen and oxygen atoms in total. The van der Waals surface area contributed by atoms with E-state index in [9.17, 15) is 29.7 Å². The Kier molecular flexibility index (Phi) is 16.7. The molecule has 1 aromatic heterocycles. The quantitative estimate of drug-likeness (QED) is 0.138. The Hall–Kier alpha value is -6.04. The Morgan fingerprint density at radius 1 is 0.986 bits per heavy atom. The van der Waals surface area contributed by atoms with E-state index in [0.717, 1.165) is 45.3 Å². The number of likely N-dealkylation sites (tertiary alicyclic amines) is 2. The summed E-state index contributed by atoms with van der Waals surface area (Å²) < 4.78 is 18.9. The lowest BCUT2D eigenvalue weighted by atomic mass is 9.80. The van der Waals surface area contributed by atoms with E-state index in [0.29, 0.717) is 50.3 Å². The molecule has 2 fully saturated rings. The number of carbonyl (C=O) groups excluding carboxylic acids is 3. The molecule has 6 N–H and O–H groups in total. The van der Waals surface area contributed by atoms with Crippen molar-refractivity contribution in [1.29, 1.82) is 0 Å². The summed E-state index contributed by atoms with van der Waals surface area (Å²) in [6.07, 6.45) is 13.7. The number of aromatic nitrogens is 1. The van der Waals surface area contributed by atoms with Crippen LogP contribution in [0.15, 0.2) is 70.7 Å². The lowest BCUT2D eigenvalue weighted by Crippen LogP contribution is -2.47. The molecule has 1 spiro atoms. The summed E-state index contributed by atoms with van der Waals surface area (Å²) in [6, 6.07) is 4.03. The Morgan fingerprint density at radius 3 is 2.35 bits per heavy atom. The maximum atomic E-state index is 14.8. The average Bonchev–Trinajstić information content (AvgIpc) is 3.86. The number of carbonyl (C=O) groups is 3. The minimum absolute atomic E-state index is 0.00459. The number of amides is 2. The first-order valence-electron chi connectivity index (χ1n) is 25.5. The number of nitrogens with zero attached hydrogens (tertiary/aromatic N) is 5. The number of allylic oxidation sites excluding steroid dienone is 4. The van der Waals surface area contributed by atoms with Gasteiger partial charge in [-0.3, -0.25) is 24.6 Å². The predicted octanol–water partition coefficient (Wildman–Crippen LogP) is 7.31. The third-order valence-corrected chi connectivity index (χ3v) is 14.9. The van der Waals surface area contributed by atoms with Gasteiger partial charge < -0.3 is 55.1 Å². The number of benzene rings is 2. The highest BCUT2D eigenvalue weighted by atomic mass is 16.7. The van der Waals surface area contributed by atoms with Gasteiger partial charge in [-0.05, 0) is 81.4 Å². The number of pyridine rings is 1. The summed E-state index contributed by atoms with van der Waals surface area (Å²) >= 11 is 0. The fourth-order valence-electron chi connectivity index (χ4n) is 10.9. The fourth-order valence-corrected chi connectivity index (χ4v) is 10.9. The number of phenolic OH excluding ortho intramolecular Hbond substituents is 2. The molecule has 390 valence electrons. The minimum atomic E-state index is -1.89. The van der Waals surface area contributed by atoms with Crippen molar-refractivity contribution in [3.8, 4) is 17.2 Å². The van der Waals surface area contributed by atoms with E-state index >= 15 is 0 Å². The number of rotatable bonds is 5. The largest absolute Gasteiger partial charge is 0.507 e. The molecule has 9 rings (SSSR count). The molecule has 2 amide bonds. The molecule has 17 heteroatoms. The zero-order valence-corrected chi connectivity index (χ0v) is 43.6. The van der Waals surface area contributed by atoms with E-state index in [1.54, 1.807) is 43.3 Å². The van der Waals surface area contributed by atoms with Gasteiger partial charge in [0, 0.05) is 100 Å². The van der Waals surface area contributed by atoms with Gasteiger partial charge in [0.25, 0.3) is 11.7 Å². The topological polar surface area (TPSA) is 228 Å². The van der Waals surface area contributed by atoms with Crippen LogP contribution in [0.3, 0.4) is 0 Å². The summed E-state index contributed by atoms with van der Waals surface area (Å²) in [5.41, 5.74) is 0.613. The molecule has 2 aromatic carbocycles. The molecule has 6 aliphatic rings. The Balaban J connectivity index is 0.00000376. The molecule has 0 aliphatic carbocycles. The monoisotopic (exact) mass is 994 g/mol. The van der Waals surface area contributed by atoms with Gasteiger partial charge in [-0.1, -0.05) is 59.8 Å². The smallest absolute Gasteiger partial charge is 0.410 e. The Labute approximate surface area is 422 Å². The highest BCUT2D eigenvalue weighted by Gasteiger charge is 2.50. The standard InChI is InChI=1S/C54H71N7O9.CH4O/c1-30(2)29-60-24-19-54(20-25-60)58-42-39-40-46(63)36(8)49-41(39)50(65)53(9,70-49)68-26-12-15-32(4)48(69-52(67)61-22-17-37(18-23-61)56-38-16-11-21-55-28-38)35(7)45(62)34(6)27-31(3)13-10-14-33(5)51(66)57-44(47(40)64)43(42)59-54;1-2/h10-14,16,21,26,28,30-32,34-35,37,45,48,56,62-64H,15,17-20,22-25,27,29H2,1-9H3,(H,57,66);2H,1H3/b13-10+,26-12+,33-14-;/t31?,32-,34-,35-,45?,48?,53+;/m1./s1. The lowest BCUT2D eigenvalue weighted by Gasteiger charge is -2.37. The van der Waals surface area contributed by atoms with Crippen LogP contribution in [-0.4, -0.2) is 123 Å². The lowest BCUT2D eigenvalue weighted by molar-refractivity contribution is -0.112. The van der Waals surface area contributed by atoms with Gasteiger partial charge in [-0.15, -0.1) is 0 Å². The highest BCUT2D eigenvalue weighted by Crippen LogP contribution is 2.50. The van der Waals surface area contributed by atoms with Crippen molar-refractivity contribution in [3.63, 3.8) is 0 Å². The summed E-state index contributed by atoms with van der Waals surface area (Å²) in [4.78, 5) is 61.5. The van der Waals surface area contributed by atoms with Crippen molar-refractivity contribution in [2.24, 2.45) is 39.6 Å². The first-order valence-corrected chi connectivity index (χ1v) is 25.5. The van der Waals surface area contributed by atoms with E-state index in [1.165, 1.54) is 13.2 Å². The Bertz CT molecular complexity index is 2710. The first kappa shape index (κ1) is 53.8. The number of anilines is 2. The van der Waals surface area contributed by atoms with Crippen molar-refractivity contribution in [3.05, 3.63) is 82.5 Å². The van der Waals surface area contributed by atoms with E-state index < -0.39 is 53.1 Å². The van der Waals surface area contributed by atoms with E-state index in [1.807, 2.05) is 52.0 Å². The maximum Gasteiger partial charge on any atom is 0.410 e. The van der Waals surface area contributed by atoms with Gasteiger partial charge in [0.05, 0.1) is 34.4 Å². The number of piperidine rings is 2. The van der Waals surface area contributed by atoms with Gasteiger partial charge in [0.15, 0.2) is 11.4 Å². The van der Waals surface area contributed by atoms with Crippen LogP contribution >= 0.6 is 0 Å². The summed E-state index contributed by atoms with van der Waals surface area (Å²) in [5, 5.41) is 50.0. The van der Waals surface area contributed by atoms with Crippen molar-refractivity contribution in [1.82, 2.24) is 14.8 Å². The van der Waals surface area contributed by atoms with Crippen LogP contribution in [0.25, 0.3) is 10.8 Å². The molecule has 7 heterocycles. The molecule has 7 atom stereocenters. The molecule has 3 aromatic rings. The molecule has 0 radical (unpaired) electrons. The number of aliphatic hydroxyl groups is 2. The molecule has 0 saturated carbocycles. The number of aliphatic hydroxyl groups excluding tert-OH is 2. The number of ketones is 1. The number of ether oxygens (including phenoxy) is 3. The van der Waals surface area contributed by atoms with Crippen LogP contribution in [0.2, 0.25) is 0 Å². The molecule has 3 unspecified atom stereocenters. The van der Waals surface area contributed by atoms with Crippen LogP contribution < -0.4 is 26.1 Å². The van der Waals surface area contributed by atoms with E-state index in [4.69, 9.17) is 29.3 Å². The average molecular weight is 994 g/mol. The number of hydrogen-bond acceptors (Lipinski definition) is 15. The fraction of sp³-hybridized carbons (Fsp3) is 0.564. The number of nitrogens with one attached hydrogen (secondary N) is 2. The van der Waals surface area contributed by atoms with Gasteiger partial charge in [0.1, 0.15) is 28.6 Å². The third-order valence-electron chi connectivity index (χ3n) is 14.9. The van der Waals surface area contributed by atoms with Crippen LogP contribution in [0, 0.1) is 36.5 Å². The number of aromatic hydroxyl groups is 2. The van der Waals surface area contributed by atoms with Crippen molar-refractivity contribution < 1.29 is 49.0 Å². The second-order valence-electron chi connectivity index (χ2n) is 21.1. The summed E-state index contributed by atoms with van der Waals surface area (Å²) in [5.74, 6) is -4.11. The van der Waals surface area contributed by atoms with Gasteiger partial charge >= 0.3 is 11.9 Å². The summed E-state index contributed by atoms with van der Waals surface area (Å²) in [7, 11) is 1.00. The van der Waals surface area contributed by atoms with Crippen LogP contribution in [0.1, 0.15) is 110 Å². The zero-order valence-electron chi connectivity index (χ0n) is 43.6. The number of phenols is 2. The molecule has 72 heavy (non-hydrogen) atoms. The van der Waals surface area contributed by atoms with Crippen molar-refractivity contribution >= 4 is 39.9 Å². The van der Waals surface area contributed by atoms with E-state index in [-0.39, 0.29) is 73.6 Å². The first-order chi connectivity index (χ1) is 34.3. The van der Waals surface area contributed by atoms with Crippen molar-refractivity contribution in [2.75, 3.05) is 50.5 Å². The second kappa shape index (κ2) is 22.4. The number of Topliss-reactive ketones (excluding diaryl/α,β-unsaturated/α-hetero) is 1. The second-order valence-corrected chi connectivity index (χ2v) is 21.1. The SMILES string of the molecule is C/C1=C/C=C/C(C)C[C@@H](C)C(O)[C@@H](C)C(OC(=O)N2CCC(Nc3cccnc3)CC2)[C@H](C)C/C=C/O[C@@]2(C)Oc3c(C)c(O)c4c(O)c(c5c(c4c3C2=O)=NC2(CCN(CC(C)C)CC2)N=5)NC1=O.CO. The van der Waals surface area contributed by atoms with E-state index in [2.05, 4.69) is 34.4 Å². The molecular formula is C55H75N7O10. The molecule has 5 bridgehead atoms. The normalized spacial score (nSPS) is 28.6. The highest BCUT2D eigenvalue weighted by molar-refractivity contribution is 6.19.